The summed E-state index contributed by atoms with van der Waals surface area (Å²) in [6.45, 7) is 3.00. The number of ether oxygens (including phenoxy) is 1. The van der Waals surface area contributed by atoms with Crippen LogP contribution in [0.25, 0.3) is 0 Å². The van der Waals surface area contributed by atoms with Crippen LogP contribution in [0.1, 0.15) is 20.3 Å². The Balaban J connectivity index is 2.35. The van der Waals surface area contributed by atoms with Gasteiger partial charge in [-0.3, -0.25) is 4.79 Å². The van der Waals surface area contributed by atoms with Crippen LogP contribution >= 0.6 is 0 Å². The zero-order valence-electron chi connectivity index (χ0n) is 11.9. The Hall–Kier alpha value is -1.31. The number of Topliss-reactive ketones (excluding diaryl/α,β-unsaturated/α-hetero) is 1. The number of hydrogen-bond donors (Lipinski definition) is 4. The van der Waals surface area contributed by atoms with Crippen LogP contribution in [0.2, 0.25) is 0 Å². The molecule has 4 N–H and O–H groups in total. The van der Waals surface area contributed by atoms with Gasteiger partial charge >= 0.3 is 0 Å². The van der Waals surface area contributed by atoms with Gasteiger partial charge in [0.25, 0.3) is 0 Å². The molecule has 0 saturated carbocycles. The summed E-state index contributed by atoms with van der Waals surface area (Å²) >= 11 is 0. The van der Waals surface area contributed by atoms with Crippen LogP contribution in [0.5, 0.6) is 0 Å². The quantitative estimate of drug-likeness (QED) is 0.516. The van der Waals surface area contributed by atoms with E-state index < -0.39 is 36.0 Å². The molecular weight excluding hydrogens is 276 g/mol. The topological polar surface area (TPSA) is 107 Å². The van der Waals surface area contributed by atoms with Gasteiger partial charge in [-0.05, 0) is 13.8 Å². The molecule has 1 aliphatic carbocycles. The molecule has 2 aliphatic rings. The molecular formula is C15H20O6. The van der Waals surface area contributed by atoms with E-state index in [1.54, 1.807) is 18.2 Å². The van der Waals surface area contributed by atoms with Gasteiger partial charge in [-0.25, -0.2) is 0 Å². The first-order valence-electron chi connectivity index (χ1n) is 6.79. The predicted molar refractivity (Wildman–Crippen MR) is 74.1 cm³/mol. The summed E-state index contributed by atoms with van der Waals surface area (Å²) in [6, 6.07) is 0. The van der Waals surface area contributed by atoms with Crippen LogP contribution in [0.3, 0.4) is 0 Å². The first kappa shape index (κ1) is 16.1. The summed E-state index contributed by atoms with van der Waals surface area (Å²) in [5, 5.41) is 40.0. The molecule has 0 amide bonds. The molecule has 2 rings (SSSR count). The molecule has 0 fully saturated rings. The van der Waals surface area contributed by atoms with E-state index in [1.165, 1.54) is 0 Å². The highest BCUT2D eigenvalue weighted by Gasteiger charge is 2.53. The van der Waals surface area contributed by atoms with Gasteiger partial charge in [0.2, 0.25) is 0 Å². The minimum absolute atomic E-state index is 0.0639. The van der Waals surface area contributed by atoms with Gasteiger partial charge in [-0.15, -0.1) is 0 Å². The number of hydrogen-bond acceptors (Lipinski definition) is 6. The maximum Gasteiger partial charge on any atom is 0.190 e. The second-order valence-corrected chi connectivity index (χ2v) is 5.47. The fourth-order valence-electron chi connectivity index (χ4n) is 2.61. The minimum atomic E-state index is -2.05. The van der Waals surface area contributed by atoms with E-state index >= 15 is 0 Å². The van der Waals surface area contributed by atoms with Crippen molar-refractivity contribution in [3.05, 3.63) is 35.5 Å². The molecule has 0 unspecified atom stereocenters. The molecule has 6 heteroatoms. The van der Waals surface area contributed by atoms with Crippen molar-refractivity contribution in [2.75, 3.05) is 0 Å². The molecule has 1 aliphatic heterocycles. The molecule has 0 radical (unpaired) electrons. The van der Waals surface area contributed by atoms with Crippen molar-refractivity contribution in [1.82, 2.24) is 0 Å². The lowest BCUT2D eigenvalue weighted by Gasteiger charge is -2.43. The Bertz CT molecular complexity index is 516. The summed E-state index contributed by atoms with van der Waals surface area (Å²) < 4.78 is 5.32. The lowest BCUT2D eigenvalue weighted by molar-refractivity contribution is -0.176. The molecule has 0 spiro atoms. The third kappa shape index (κ3) is 2.73. The second-order valence-electron chi connectivity index (χ2n) is 5.47. The molecule has 0 aromatic rings. The lowest BCUT2D eigenvalue weighted by atomic mass is 9.73. The fraction of sp³-hybridized carbons (Fsp3) is 0.533. The summed E-state index contributed by atoms with van der Waals surface area (Å²) in [6.07, 6.45) is 1.79. The SMILES string of the molecule is C/C=C/C=C/[C@@H]1CC2=C([C@@H](O)[C@](C)(O)[C@@H](O)C2=O)[C@@H](O)O1. The summed E-state index contributed by atoms with van der Waals surface area (Å²) in [5.74, 6) is -0.688. The third-order valence-electron chi connectivity index (χ3n) is 3.90. The highest BCUT2D eigenvalue weighted by molar-refractivity contribution is 6.02. The van der Waals surface area contributed by atoms with E-state index in [-0.39, 0.29) is 17.6 Å². The molecule has 1 heterocycles. The van der Waals surface area contributed by atoms with Gasteiger partial charge in [0.05, 0.1) is 6.10 Å². The third-order valence-corrected chi connectivity index (χ3v) is 3.90. The number of aliphatic hydroxyl groups excluding tert-OH is 3. The Morgan fingerprint density at radius 2 is 1.90 bits per heavy atom. The predicted octanol–water partition coefficient (Wildman–Crippen LogP) is -0.422. The van der Waals surface area contributed by atoms with Crippen molar-refractivity contribution in [2.45, 2.75) is 50.5 Å². The summed E-state index contributed by atoms with van der Waals surface area (Å²) in [4.78, 5) is 12.2. The van der Waals surface area contributed by atoms with E-state index in [0.29, 0.717) is 0 Å². The van der Waals surface area contributed by atoms with Crippen LogP contribution < -0.4 is 0 Å². The number of rotatable bonds is 2. The van der Waals surface area contributed by atoms with E-state index in [4.69, 9.17) is 4.74 Å². The van der Waals surface area contributed by atoms with Crippen LogP contribution in [-0.2, 0) is 9.53 Å². The van der Waals surface area contributed by atoms with Gasteiger partial charge in [-0.2, -0.15) is 0 Å². The monoisotopic (exact) mass is 296 g/mol. The maximum atomic E-state index is 12.2. The molecule has 116 valence electrons. The molecule has 0 aromatic carbocycles. The van der Waals surface area contributed by atoms with Crippen molar-refractivity contribution in [3.8, 4) is 0 Å². The lowest BCUT2D eigenvalue weighted by Crippen LogP contribution is -2.60. The van der Waals surface area contributed by atoms with Crippen molar-refractivity contribution < 1.29 is 30.0 Å². The van der Waals surface area contributed by atoms with Crippen LogP contribution in [0, 0.1) is 0 Å². The molecule has 21 heavy (non-hydrogen) atoms. The molecule has 0 bridgehead atoms. The first-order valence-corrected chi connectivity index (χ1v) is 6.79. The number of carbonyl (C=O) groups is 1. The van der Waals surface area contributed by atoms with Crippen LogP contribution in [-0.4, -0.2) is 56.4 Å². The van der Waals surface area contributed by atoms with Gasteiger partial charge in [-0.1, -0.05) is 24.3 Å². The van der Waals surface area contributed by atoms with Crippen LogP contribution in [0.4, 0.5) is 0 Å². The van der Waals surface area contributed by atoms with E-state index in [1.807, 2.05) is 13.0 Å². The second kappa shape index (κ2) is 5.82. The first-order chi connectivity index (χ1) is 9.80. The average molecular weight is 296 g/mol. The zero-order valence-corrected chi connectivity index (χ0v) is 11.9. The molecule has 0 saturated heterocycles. The smallest absolute Gasteiger partial charge is 0.190 e. The zero-order chi connectivity index (χ0) is 15.8. The van der Waals surface area contributed by atoms with Crippen molar-refractivity contribution in [1.29, 1.82) is 0 Å². The number of allylic oxidation sites excluding steroid dienone is 3. The van der Waals surface area contributed by atoms with Gasteiger partial charge in [0.15, 0.2) is 12.1 Å². The van der Waals surface area contributed by atoms with Gasteiger partial charge < -0.3 is 25.2 Å². The van der Waals surface area contributed by atoms with E-state index in [2.05, 4.69) is 0 Å². The summed E-state index contributed by atoms with van der Waals surface area (Å²) in [5.41, 5.74) is -1.99. The number of carbonyl (C=O) groups excluding carboxylic acids is 1. The van der Waals surface area contributed by atoms with Crippen molar-refractivity contribution >= 4 is 5.78 Å². The fourth-order valence-corrected chi connectivity index (χ4v) is 2.61. The highest BCUT2D eigenvalue weighted by Crippen LogP contribution is 2.38. The Morgan fingerprint density at radius 3 is 2.52 bits per heavy atom. The summed E-state index contributed by atoms with van der Waals surface area (Å²) in [7, 11) is 0. The standard InChI is InChI=1S/C15H20O6/c1-3-4-5-6-8-7-9-10(14(19)21-8)12(17)15(2,20)13(18)11(9)16/h3-6,8,12-14,17-20H,7H2,1-2H3/b4-3+,6-5+/t8-,12-,13+,14+,15+/m1/s1. The van der Waals surface area contributed by atoms with Crippen LogP contribution in [0.15, 0.2) is 35.5 Å². The number of ketones is 1. The average Bonchev–Trinajstić information content (AvgIpc) is 2.43. The maximum absolute atomic E-state index is 12.2. The Morgan fingerprint density at radius 1 is 1.24 bits per heavy atom. The van der Waals surface area contributed by atoms with E-state index in [9.17, 15) is 25.2 Å². The molecule has 6 nitrogen and oxygen atoms in total. The highest BCUT2D eigenvalue weighted by atomic mass is 16.6. The number of aliphatic hydroxyl groups is 4. The van der Waals surface area contributed by atoms with E-state index in [0.717, 1.165) is 6.92 Å². The van der Waals surface area contributed by atoms with Gasteiger partial charge in [0.1, 0.15) is 17.8 Å². The Kier molecular flexibility index (Phi) is 4.46. The van der Waals surface area contributed by atoms with Gasteiger partial charge in [0, 0.05) is 17.6 Å². The molecule has 0 aromatic heterocycles. The van der Waals surface area contributed by atoms with Crippen molar-refractivity contribution in [2.24, 2.45) is 0 Å². The normalized spacial score (nSPS) is 41.1. The Labute approximate surface area is 122 Å². The minimum Gasteiger partial charge on any atom is -0.385 e. The molecule has 5 atom stereocenters. The van der Waals surface area contributed by atoms with Crippen molar-refractivity contribution in [3.63, 3.8) is 0 Å². The largest absolute Gasteiger partial charge is 0.385 e.